The van der Waals surface area contributed by atoms with Crippen molar-refractivity contribution in [1.82, 2.24) is 24.9 Å². The molecule has 0 aliphatic carbocycles. The summed E-state index contributed by atoms with van der Waals surface area (Å²) in [6.45, 7) is 12.4. The molecule has 3 rings (SSSR count). The largest absolute Gasteiger partial charge is 0.444 e. The van der Waals surface area contributed by atoms with Crippen LogP contribution in [0.5, 0.6) is 0 Å². The third-order valence-corrected chi connectivity index (χ3v) is 6.55. The Hall–Kier alpha value is -2.09. The van der Waals surface area contributed by atoms with Crippen LogP contribution in [-0.4, -0.2) is 77.0 Å². The van der Waals surface area contributed by atoms with E-state index >= 15 is 0 Å². The number of nitrogens with one attached hydrogen (secondary N) is 1. The third kappa shape index (κ3) is 6.47. The van der Waals surface area contributed by atoms with Crippen molar-refractivity contribution in [2.45, 2.75) is 78.4 Å². The molecule has 3 heterocycles. The number of hydrogen-bond donors (Lipinski definition) is 1. The maximum absolute atomic E-state index is 13.3. The molecular weight excluding hydrogens is 406 g/mol. The third-order valence-electron chi connectivity index (χ3n) is 6.55. The maximum atomic E-state index is 13.3. The number of likely N-dealkylation sites (tertiary alicyclic amines) is 1. The number of fused-ring (bicyclic) bond motifs is 1. The molecule has 0 radical (unpaired) electrons. The van der Waals surface area contributed by atoms with E-state index in [-0.39, 0.29) is 17.4 Å². The average molecular weight is 448 g/mol. The smallest absolute Gasteiger partial charge is 0.410 e. The number of nitrogens with zero attached hydrogens (tertiary/aromatic N) is 4. The molecule has 0 unspecified atom stereocenters. The van der Waals surface area contributed by atoms with Crippen LogP contribution in [0.2, 0.25) is 0 Å². The summed E-state index contributed by atoms with van der Waals surface area (Å²) in [5.41, 5.74) is 1.07. The van der Waals surface area contributed by atoms with Gasteiger partial charge >= 0.3 is 6.09 Å². The minimum absolute atomic E-state index is 0.00855. The van der Waals surface area contributed by atoms with Crippen molar-refractivity contribution in [3.63, 3.8) is 0 Å². The van der Waals surface area contributed by atoms with Crippen LogP contribution in [0.15, 0.2) is 6.07 Å². The molecule has 0 aromatic carbocycles. The van der Waals surface area contributed by atoms with Gasteiger partial charge in [0.2, 0.25) is 0 Å². The highest BCUT2D eigenvalue weighted by Crippen LogP contribution is 2.37. The highest BCUT2D eigenvalue weighted by atomic mass is 16.6. The van der Waals surface area contributed by atoms with Gasteiger partial charge in [-0.15, -0.1) is 0 Å². The molecule has 2 amide bonds. The lowest BCUT2D eigenvalue weighted by atomic mass is 9.74. The summed E-state index contributed by atoms with van der Waals surface area (Å²) >= 11 is 0. The monoisotopic (exact) mass is 447 g/mol. The van der Waals surface area contributed by atoms with Gasteiger partial charge in [-0.25, -0.2) is 4.79 Å². The number of aryl methyl sites for hydroxylation is 2. The standard InChI is InChI=1S/C24H41N5O3/c1-19-17-20-21(30)27(5)18-24(9-8-13-25-12-6-7-14-29(20)26-19)10-15-28(16-11-24)22(31)32-23(2,3)4/h17,25H,6-16,18H2,1-5H3. The maximum Gasteiger partial charge on any atom is 0.410 e. The fraction of sp³-hybridized carbons (Fsp3) is 0.792. The molecule has 1 aromatic rings. The molecule has 1 saturated heterocycles. The van der Waals surface area contributed by atoms with E-state index in [1.54, 1.807) is 0 Å². The van der Waals surface area contributed by atoms with E-state index in [0.29, 0.717) is 25.3 Å². The second-order valence-electron chi connectivity index (χ2n) is 10.6. The fourth-order valence-electron chi connectivity index (χ4n) is 4.86. The predicted molar refractivity (Wildman–Crippen MR) is 125 cm³/mol. The summed E-state index contributed by atoms with van der Waals surface area (Å²) in [4.78, 5) is 29.6. The topological polar surface area (TPSA) is 79.7 Å². The van der Waals surface area contributed by atoms with Crippen molar-refractivity contribution in [3.8, 4) is 0 Å². The molecule has 0 bridgehead atoms. The Balaban J connectivity index is 1.74. The van der Waals surface area contributed by atoms with E-state index in [2.05, 4.69) is 10.4 Å². The Morgan fingerprint density at radius 3 is 2.47 bits per heavy atom. The highest BCUT2D eigenvalue weighted by Gasteiger charge is 2.38. The van der Waals surface area contributed by atoms with Crippen molar-refractivity contribution < 1.29 is 14.3 Å². The van der Waals surface area contributed by atoms with Crippen LogP contribution < -0.4 is 5.32 Å². The Kier molecular flexibility index (Phi) is 7.85. The van der Waals surface area contributed by atoms with Gasteiger partial charge in [0.25, 0.3) is 5.91 Å². The minimum atomic E-state index is -0.490. The van der Waals surface area contributed by atoms with Crippen LogP contribution in [0.25, 0.3) is 0 Å². The van der Waals surface area contributed by atoms with Crippen LogP contribution in [0.1, 0.15) is 75.5 Å². The van der Waals surface area contributed by atoms with Crippen molar-refractivity contribution in [1.29, 1.82) is 0 Å². The lowest BCUT2D eigenvalue weighted by Gasteiger charge is -2.44. The minimum Gasteiger partial charge on any atom is -0.444 e. The van der Waals surface area contributed by atoms with Crippen LogP contribution >= 0.6 is 0 Å². The van der Waals surface area contributed by atoms with Crippen molar-refractivity contribution in [2.24, 2.45) is 5.41 Å². The molecule has 1 fully saturated rings. The van der Waals surface area contributed by atoms with E-state index in [9.17, 15) is 9.59 Å². The van der Waals surface area contributed by atoms with Gasteiger partial charge in [0.05, 0.1) is 5.69 Å². The molecule has 1 aromatic heterocycles. The zero-order valence-electron chi connectivity index (χ0n) is 20.6. The van der Waals surface area contributed by atoms with Gasteiger partial charge in [0.15, 0.2) is 0 Å². The molecule has 2 aliphatic heterocycles. The Morgan fingerprint density at radius 1 is 1.09 bits per heavy atom. The van der Waals surface area contributed by atoms with Crippen LogP contribution in [0.4, 0.5) is 4.79 Å². The summed E-state index contributed by atoms with van der Waals surface area (Å²) in [7, 11) is 1.90. The second kappa shape index (κ2) is 10.2. The van der Waals surface area contributed by atoms with E-state index in [4.69, 9.17) is 4.74 Å². The summed E-state index contributed by atoms with van der Waals surface area (Å²) in [5.74, 6) is 0.0368. The fourth-order valence-corrected chi connectivity index (χ4v) is 4.86. The van der Waals surface area contributed by atoms with E-state index in [1.165, 1.54) is 0 Å². The quantitative estimate of drug-likeness (QED) is 0.659. The van der Waals surface area contributed by atoms with Gasteiger partial charge in [-0.05, 0) is 90.8 Å². The first kappa shape index (κ1) is 24.6. The van der Waals surface area contributed by atoms with Crippen LogP contribution in [0.3, 0.4) is 0 Å². The van der Waals surface area contributed by atoms with Gasteiger partial charge in [-0.1, -0.05) is 0 Å². The molecule has 0 atom stereocenters. The van der Waals surface area contributed by atoms with E-state index in [0.717, 1.165) is 63.9 Å². The number of rotatable bonds is 0. The van der Waals surface area contributed by atoms with Crippen molar-refractivity contribution >= 4 is 12.0 Å². The Bertz CT molecular complexity index is 790. The van der Waals surface area contributed by atoms with Gasteiger partial charge in [-0.3, -0.25) is 9.48 Å². The number of carbonyl (C=O) groups excluding carboxylic acids is 2. The molecule has 2 aliphatic rings. The Labute approximate surface area is 192 Å². The molecule has 8 nitrogen and oxygen atoms in total. The molecular formula is C24H41N5O3. The summed E-state index contributed by atoms with van der Waals surface area (Å²) in [6.07, 6.45) is 5.70. The van der Waals surface area contributed by atoms with Crippen LogP contribution in [0, 0.1) is 12.3 Å². The summed E-state index contributed by atoms with van der Waals surface area (Å²) in [6, 6.07) is 1.90. The molecule has 180 valence electrons. The number of aromatic nitrogens is 2. The molecule has 1 spiro atoms. The lowest BCUT2D eigenvalue weighted by molar-refractivity contribution is 0.00369. The SMILES string of the molecule is Cc1cc2n(n1)CCCCNCCCC1(CCN(C(=O)OC(C)(C)C)CC1)CN(C)C2=O. The first-order chi connectivity index (χ1) is 15.1. The number of piperidine rings is 1. The summed E-state index contributed by atoms with van der Waals surface area (Å²) < 4.78 is 7.45. The lowest BCUT2D eigenvalue weighted by Crippen LogP contribution is -2.49. The number of hydrogen-bond acceptors (Lipinski definition) is 5. The van der Waals surface area contributed by atoms with Gasteiger partial charge in [-0.2, -0.15) is 5.10 Å². The average Bonchev–Trinajstić information content (AvgIpc) is 3.08. The van der Waals surface area contributed by atoms with Crippen molar-refractivity contribution in [3.05, 3.63) is 17.5 Å². The van der Waals surface area contributed by atoms with E-state index < -0.39 is 5.60 Å². The normalized spacial score (nSPS) is 21.2. The second-order valence-corrected chi connectivity index (χ2v) is 10.6. The molecule has 0 saturated carbocycles. The number of ether oxygens (including phenoxy) is 1. The summed E-state index contributed by atoms with van der Waals surface area (Å²) in [5, 5.41) is 8.13. The predicted octanol–water partition coefficient (Wildman–Crippen LogP) is 3.44. The van der Waals surface area contributed by atoms with Crippen molar-refractivity contribution in [2.75, 3.05) is 39.8 Å². The number of amides is 2. The van der Waals surface area contributed by atoms with Gasteiger partial charge < -0.3 is 19.9 Å². The first-order valence-electron chi connectivity index (χ1n) is 12.1. The zero-order valence-corrected chi connectivity index (χ0v) is 20.6. The highest BCUT2D eigenvalue weighted by molar-refractivity contribution is 5.92. The van der Waals surface area contributed by atoms with Gasteiger partial charge in [0.1, 0.15) is 11.3 Å². The molecule has 1 N–H and O–H groups in total. The van der Waals surface area contributed by atoms with Gasteiger partial charge in [0, 0.05) is 33.2 Å². The molecule has 8 heteroatoms. The van der Waals surface area contributed by atoms with Crippen LogP contribution in [-0.2, 0) is 11.3 Å². The Morgan fingerprint density at radius 2 is 1.78 bits per heavy atom. The zero-order chi connectivity index (χ0) is 23.4. The van der Waals surface area contributed by atoms with E-state index in [1.807, 2.05) is 55.3 Å². The molecule has 32 heavy (non-hydrogen) atoms. The number of carbonyl (C=O) groups is 2. The first-order valence-corrected chi connectivity index (χ1v) is 12.1.